The molecule has 76 heavy (non-hydrogen) atoms. The maximum atomic E-state index is 15.1. The molecule has 7 aromatic rings. The van der Waals surface area contributed by atoms with Gasteiger partial charge in [-0.2, -0.15) is 0 Å². The third-order valence-electron chi connectivity index (χ3n) is 12.0. The number of esters is 1. The van der Waals surface area contributed by atoms with Crippen LogP contribution < -0.4 is 16.4 Å². The van der Waals surface area contributed by atoms with Gasteiger partial charge in [-0.25, -0.2) is 14.6 Å². The molecule has 2 aliphatic heterocycles. The van der Waals surface area contributed by atoms with Crippen molar-refractivity contribution in [3.05, 3.63) is 224 Å². The number of thiazole rings is 1. The number of fused-ring (bicyclic) bond motifs is 1. The minimum atomic E-state index is -1.40. The zero-order valence-corrected chi connectivity index (χ0v) is 45.6. The average molecular weight is 1110 g/mol. The van der Waals surface area contributed by atoms with E-state index in [9.17, 15) is 14.4 Å². The molecule has 5 aromatic carbocycles. The number of rotatable bonds is 18. The molecule has 0 aliphatic carbocycles. The molecule has 19 heteroatoms. The summed E-state index contributed by atoms with van der Waals surface area (Å²) in [5.41, 5.74) is 7.90. The molecule has 0 saturated carbocycles. The number of benzene rings is 5. The van der Waals surface area contributed by atoms with E-state index in [-0.39, 0.29) is 32.3 Å². The SMILES string of the molecule is CCSC(NC(=O)OC(C)(C)C)c1cnccc1SC1=C(C(=O)OC(c2ccccc2)c2ccccc2)N2C(=O)[C@@H](NC(=O)C(=NOC(c3ccccc3)(c3ccccc3)c3ccccc3)c3nc(N)sc3Cl)[C@@H]2SC1. The lowest BCUT2D eigenvalue weighted by molar-refractivity contribution is -0.154. The molecule has 14 nitrogen and oxygen atoms in total. The highest BCUT2D eigenvalue weighted by molar-refractivity contribution is 8.06. The van der Waals surface area contributed by atoms with Gasteiger partial charge < -0.3 is 30.7 Å². The number of carbonyl (C=O) groups excluding carboxylic acids is 4. The van der Waals surface area contributed by atoms with Crippen LogP contribution in [0.1, 0.15) is 78.2 Å². The fraction of sp³-hybridized carbons (Fsp3) is 0.211. The second kappa shape index (κ2) is 23.8. The molecule has 2 aromatic heterocycles. The quantitative estimate of drug-likeness (QED) is 0.0184. The number of β-lactam (4-membered cyclic amide) rings is 1. The number of nitrogen functional groups attached to an aromatic ring is 1. The van der Waals surface area contributed by atoms with Gasteiger partial charge in [0.25, 0.3) is 11.8 Å². The van der Waals surface area contributed by atoms with E-state index in [0.717, 1.165) is 11.3 Å². The summed E-state index contributed by atoms with van der Waals surface area (Å²) in [7, 11) is 0. The lowest BCUT2D eigenvalue weighted by Crippen LogP contribution is -2.71. The van der Waals surface area contributed by atoms with Crippen LogP contribution >= 0.6 is 58.2 Å². The number of carbonyl (C=O) groups is 4. The van der Waals surface area contributed by atoms with Crippen LogP contribution in [0.2, 0.25) is 4.34 Å². The second-order valence-electron chi connectivity index (χ2n) is 18.2. The van der Waals surface area contributed by atoms with E-state index in [1.54, 1.807) is 39.2 Å². The Morgan fingerprint density at radius 2 is 1.39 bits per heavy atom. The summed E-state index contributed by atoms with van der Waals surface area (Å²) in [6.45, 7) is 7.34. The molecule has 2 aliphatic rings. The third kappa shape index (κ3) is 11.8. The lowest BCUT2D eigenvalue weighted by atomic mass is 9.80. The molecule has 388 valence electrons. The van der Waals surface area contributed by atoms with Crippen LogP contribution in [-0.2, 0) is 34.3 Å². The van der Waals surface area contributed by atoms with Crippen molar-refractivity contribution in [1.82, 2.24) is 25.5 Å². The molecule has 4 N–H and O–H groups in total. The van der Waals surface area contributed by atoms with Crippen molar-refractivity contribution in [1.29, 1.82) is 0 Å². The number of aromatic nitrogens is 2. The summed E-state index contributed by atoms with van der Waals surface area (Å²) in [4.78, 5) is 76.3. The first-order chi connectivity index (χ1) is 36.8. The van der Waals surface area contributed by atoms with E-state index >= 15 is 4.79 Å². The monoisotopic (exact) mass is 1110 g/mol. The maximum Gasteiger partial charge on any atom is 0.408 e. The zero-order valence-electron chi connectivity index (χ0n) is 41.6. The predicted molar refractivity (Wildman–Crippen MR) is 302 cm³/mol. The van der Waals surface area contributed by atoms with Crippen molar-refractivity contribution in [3.63, 3.8) is 0 Å². The Labute approximate surface area is 462 Å². The van der Waals surface area contributed by atoms with Crippen molar-refractivity contribution in [3.8, 4) is 0 Å². The van der Waals surface area contributed by atoms with Gasteiger partial charge in [0, 0.05) is 50.2 Å². The Bertz CT molecular complexity index is 3120. The highest BCUT2D eigenvalue weighted by atomic mass is 35.5. The Hall–Kier alpha value is -7.09. The maximum absolute atomic E-state index is 15.1. The van der Waals surface area contributed by atoms with Crippen LogP contribution in [0.3, 0.4) is 0 Å². The van der Waals surface area contributed by atoms with Crippen molar-refractivity contribution in [2.45, 2.75) is 66.7 Å². The normalized spacial score (nSPS) is 16.1. The molecule has 1 unspecified atom stereocenters. The van der Waals surface area contributed by atoms with Gasteiger partial charge in [0.15, 0.2) is 16.9 Å². The molecule has 1 fully saturated rings. The molecular formula is C57H52ClN7O7S4. The molecule has 0 radical (unpaired) electrons. The van der Waals surface area contributed by atoms with E-state index in [4.69, 9.17) is 31.6 Å². The van der Waals surface area contributed by atoms with Crippen molar-refractivity contribution < 1.29 is 33.5 Å². The van der Waals surface area contributed by atoms with E-state index in [0.29, 0.717) is 48.9 Å². The summed E-state index contributed by atoms with van der Waals surface area (Å²) in [6, 6.07) is 47.8. The van der Waals surface area contributed by atoms with Crippen molar-refractivity contribution in [2.24, 2.45) is 5.16 Å². The molecular weight excluding hydrogens is 1060 g/mol. The number of amides is 3. The van der Waals surface area contributed by atoms with Crippen LogP contribution in [-0.4, -0.2) is 73.0 Å². The van der Waals surface area contributed by atoms with E-state index < -0.39 is 58.0 Å². The first-order valence-electron chi connectivity index (χ1n) is 24.1. The van der Waals surface area contributed by atoms with Gasteiger partial charge in [0.2, 0.25) is 5.60 Å². The minimum absolute atomic E-state index is 0.00887. The number of hydrogen-bond acceptors (Lipinski definition) is 15. The Morgan fingerprint density at radius 1 is 0.842 bits per heavy atom. The Kier molecular flexibility index (Phi) is 16.9. The average Bonchev–Trinajstić information content (AvgIpc) is 3.77. The molecule has 0 spiro atoms. The van der Waals surface area contributed by atoms with E-state index in [2.05, 4.69) is 25.8 Å². The highest BCUT2D eigenvalue weighted by Gasteiger charge is 2.55. The first-order valence-corrected chi connectivity index (χ1v) is 28.2. The number of thioether (sulfide) groups is 3. The Balaban J connectivity index is 1.08. The van der Waals surface area contributed by atoms with Crippen molar-refractivity contribution >= 4 is 92.9 Å². The van der Waals surface area contributed by atoms with E-state index in [1.807, 2.05) is 159 Å². The molecule has 0 bridgehead atoms. The summed E-state index contributed by atoms with van der Waals surface area (Å²) in [5, 5.41) is 9.23. The third-order valence-corrected chi connectivity index (χ3v) is 16.8. The number of oxime groups is 1. The number of ether oxygens (including phenoxy) is 2. The summed E-state index contributed by atoms with van der Waals surface area (Å²) in [6.07, 6.45) is 1.84. The molecule has 4 heterocycles. The summed E-state index contributed by atoms with van der Waals surface area (Å²) in [5.74, 6) is -1.31. The minimum Gasteiger partial charge on any atom is -0.448 e. The number of nitrogens with zero attached hydrogens (tertiary/aromatic N) is 4. The van der Waals surface area contributed by atoms with Crippen LogP contribution in [0, 0.1) is 0 Å². The summed E-state index contributed by atoms with van der Waals surface area (Å²) < 4.78 is 12.2. The van der Waals surface area contributed by atoms with Crippen LogP contribution in [0.4, 0.5) is 9.93 Å². The number of hydrogen-bond donors (Lipinski definition) is 3. The first kappa shape index (κ1) is 53.7. The van der Waals surface area contributed by atoms with Gasteiger partial charge in [0.1, 0.15) is 38.1 Å². The van der Waals surface area contributed by atoms with Gasteiger partial charge in [0.05, 0.1) is 0 Å². The topological polar surface area (TPSA) is 187 Å². The molecule has 3 amide bonds. The fourth-order valence-electron chi connectivity index (χ4n) is 8.67. The zero-order chi connectivity index (χ0) is 53.4. The Morgan fingerprint density at radius 3 is 1.91 bits per heavy atom. The van der Waals surface area contributed by atoms with Gasteiger partial charge in [-0.15, -0.1) is 23.5 Å². The largest absolute Gasteiger partial charge is 0.448 e. The number of alkyl carbamates (subject to hydrolysis) is 1. The number of anilines is 1. The van der Waals surface area contributed by atoms with Gasteiger partial charge in [-0.3, -0.25) is 19.5 Å². The van der Waals surface area contributed by atoms with Crippen LogP contribution in [0.25, 0.3) is 0 Å². The fourth-order valence-corrected chi connectivity index (χ4v) is 13.1. The van der Waals surface area contributed by atoms with Crippen LogP contribution in [0.5, 0.6) is 0 Å². The predicted octanol–water partition coefficient (Wildman–Crippen LogP) is 11.5. The van der Waals surface area contributed by atoms with Gasteiger partial charge in [-0.1, -0.05) is 198 Å². The highest BCUT2D eigenvalue weighted by Crippen LogP contribution is 2.48. The van der Waals surface area contributed by atoms with Crippen LogP contribution in [0.15, 0.2) is 191 Å². The standard InChI is InChI=1S/C57H52ClN7O7S4/c1-5-73-50(63-55(69)71-56(2,3)4)40-33-60-32-31-41(40)75-42-34-74-52-45(51(67)65(52)46(42)53(68)70-47(35-21-11-6-12-22-35)36-23-13-7-14-24-36)61-49(66)44(43-48(58)76-54(59)62-43)64-72-57(37-25-15-8-16-26-37,38-27-17-9-18-28-38)39-29-19-10-20-30-39/h6-33,45,47,50,52H,5,34H2,1-4H3,(H2,59,62)(H,61,66)(H,63,69)/t45-,50?,52+/m1/s1. The number of halogens is 1. The van der Waals surface area contributed by atoms with Gasteiger partial charge in [-0.05, 0) is 43.7 Å². The molecule has 1 saturated heterocycles. The van der Waals surface area contributed by atoms with Gasteiger partial charge >= 0.3 is 12.1 Å². The smallest absolute Gasteiger partial charge is 0.408 e. The number of pyridine rings is 1. The molecule has 3 atom stereocenters. The second-order valence-corrected chi connectivity index (χ2v) is 23.5. The van der Waals surface area contributed by atoms with Crippen molar-refractivity contribution in [2.75, 3.05) is 17.2 Å². The lowest BCUT2D eigenvalue weighted by Gasteiger charge is -2.49. The van der Waals surface area contributed by atoms with E-state index in [1.165, 1.54) is 40.2 Å². The molecule has 9 rings (SSSR count). The summed E-state index contributed by atoms with van der Waals surface area (Å²) >= 11 is 11.8. The number of nitrogens with one attached hydrogen (secondary N) is 2. The number of nitrogens with two attached hydrogens (primary N) is 1.